The summed E-state index contributed by atoms with van der Waals surface area (Å²) in [6.45, 7) is 2.81. The van der Waals surface area contributed by atoms with Gasteiger partial charge in [0.15, 0.2) is 6.54 Å². The molecule has 1 saturated heterocycles. The Hall–Kier alpha value is -1.98. The van der Waals surface area contributed by atoms with Crippen molar-refractivity contribution >= 4 is 23.0 Å². The smallest absolute Gasteiger partial charge is 0.298 e. The number of nitrogens with zero attached hydrogens (tertiary/aromatic N) is 2. The van der Waals surface area contributed by atoms with Gasteiger partial charge >= 0.3 is 0 Å². The van der Waals surface area contributed by atoms with Crippen LogP contribution < -0.4 is 4.90 Å². The van der Waals surface area contributed by atoms with E-state index >= 15 is 0 Å². The zero-order valence-electron chi connectivity index (χ0n) is 15.6. The van der Waals surface area contributed by atoms with E-state index < -0.39 is 0 Å². The molecule has 0 radical (unpaired) electrons. The summed E-state index contributed by atoms with van der Waals surface area (Å²) in [7, 11) is 0. The Morgan fingerprint density at radius 3 is 2.81 bits per heavy atom. The number of amides is 1. The van der Waals surface area contributed by atoms with Gasteiger partial charge in [-0.25, -0.2) is 5.01 Å². The van der Waals surface area contributed by atoms with Gasteiger partial charge in [0.1, 0.15) is 0 Å². The number of aryl methyl sites for hydroxylation is 1. The minimum absolute atomic E-state index is 0.0741. The summed E-state index contributed by atoms with van der Waals surface area (Å²) in [5.74, 6) is 0.503. The van der Waals surface area contributed by atoms with Crippen LogP contribution in [0.25, 0.3) is 0 Å². The lowest BCUT2D eigenvalue weighted by molar-refractivity contribution is -0.897. The Kier molecular flexibility index (Phi) is 4.58. The lowest BCUT2D eigenvalue weighted by Crippen LogP contribution is -3.13. The fraction of sp³-hybridized carbons (Fsp3) is 0.455. The van der Waals surface area contributed by atoms with E-state index in [0.29, 0.717) is 12.5 Å². The lowest BCUT2D eigenvalue weighted by atomic mass is 9.79. The van der Waals surface area contributed by atoms with Crippen molar-refractivity contribution < 1.29 is 9.69 Å². The number of carbonyl (C=O) groups excluding carboxylic acids is 1. The van der Waals surface area contributed by atoms with Crippen LogP contribution in [0.1, 0.15) is 47.7 Å². The summed E-state index contributed by atoms with van der Waals surface area (Å²) in [5.41, 5.74) is 3.74. The number of nitrogens with one attached hydrogen (secondary N) is 1. The first-order valence-electron chi connectivity index (χ1n) is 10.2. The first-order chi connectivity index (χ1) is 13.3. The van der Waals surface area contributed by atoms with Crippen LogP contribution in [0.2, 0.25) is 0 Å². The minimum atomic E-state index is 0.0741. The average molecular weight is 381 g/mol. The quantitative estimate of drug-likeness (QED) is 0.873. The molecule has 0 unspecified atom stereocenters. The molecular formula is C22H26N3OS+. The summed E-state index contributed by atoms with van der Waals surface area (Å²) in [4.78, 5) is 16.0. The number of hydrazone groups is 1. The summed E-state index contributed by atoms with van der Waals surface area (Å²) < 4.78 is 0. The lowest BCUT2D eigenvalue weighted by Gasteiger charge is -2.30. The highest BCUT2D eigenvalue weighted by molar-refractivity contribution is 7.10. The summed E-state index contributed by atoms with van der Waals surface area (Å²) >= 11 is 1.75. The molecule has 0 spiro atoms. The minimum Gasteiger partial charge on any atom is -0.327 e. The van der Waals surface area contributed by atoms with Crippen LogP contribution in [0.3, 0.4) is 0 Å². The molecule has 1 aromatic heterocycles. The Morgan fingerprint density at radius 2 is 2.00 bits per heavy atom. The second kappa shape index (κ2) is 7.21. The van der Waals surface area contributed by atoms with Crippen molar-refractivity contribution in [2.75, 3.05) is 19.6 Å². The van der Waals surface area contributed by atoms with E-state index in [0.717, 1.165) is 31.6 Å². The Bertz CT molecular complexity index is 854. The molecule has 2 atom stereocenters. The van der Waals surface area contributed by atoms with Gasteiger partial charge in [0.05, 0.1) is 24.8 Å². The maximum absolute atomic E-state index is 13.3. The molecule has 3 aliphatic rings. The van der Waals surface area contributed by atoms with E-state index in [2.05, 4.69) is 41.8 Å². The highest BCUT2D eigenvalue weighted by Gasteiger charge is 2.44. The van der Waals surface area contributed by atoms with Gasteiger partial charge in [-0.1, -0.05) is 30.3 Å². The molecule has 4 nitrogen and oxygen atoms in total. The van der Waals surface area contributed by atoms with Gasteiger partial charge in [0, 0.05) is 16.4 Å². The maximum Gasteiger partial charge on any atom is 0.298 e. The molecule has 5 heteroatoms. The van der Waals surface area contributed by atoms with Gasteiger partial charge in [-0.3, -0.25) is 4.79 Å². The molecule has 3 heterocycles. The monoisotopic (exact) mass is 380 g/mol. The predicted octanol–water partition coefficient (Wildman–Crippen LogP) is 2.67. The molecule has 5 rings (SSSR count). The zero-order valence-corrected chi connectivity index (χ0v) is 16.4. The van der Waals surface area contributed by atoms with Crippen molar-refractivity contribution in [2.45, 2.75) is 38.1 Å². The van der Waals surface area contributed by atoms with Gasteiger partial charge in [-0.05, 0) is 49.1 Å². The number of thiophene rings is 1. The van der Waals surface area contributed by atoms with Gasteiger partial charge in [-0.15, -0.1) is 11.3 Å². The van der Waals surface area contributed by atoms with E-state index in [1.165, 1.54) is 40.2 Å². The number of rotatable bonds is 3. The Labute approximate surface area is 164 Å². The number of benzene rings is 1. The fourth-order valence-corrected chi connectivity index (χ4v) is 5.81. The summed E-state index contributed by atoms with van der Waals surface area (Å²) in [5, 5.41) is 8.90. The van der Waals surface area contributed by atoms with Crippen LogP contribution in [0.4, 0.5) is 0 Å². The van der Waals surface area contributed by atoms with Gasteiger partial charge in [-0.2, -0.15) is 5.10 Å². The van der Waals surface area contributed by atoms with Gasteiger partial charge in [0.25, 0.3) is 5.91 Å². The third-order valence-corrected chi connectivity index (χ3v) is 7.22. The van der Waals surface area contributed by atoms with Gasteiger partial charge < -0.3 is 4.90 Å². The first kappa shape index (κ1) is 17.1. The molecule has 1 fully saturated rings. The molecule has 1 N–H and O–H groups in total. The second-order valence-electron chi connectivity index (χ2n) is 7.97. The molecule has 0 bridgehead atoms. The summed E-state index contributed by atoms with van der Waals surface area (Å²) in [6, 6.07) is 12.9. The molecule has 140 valence electrons. The van der Waals surface area contributed by atoms with Crippen molar-refractivity contribution in [3.63, 3.8) is 0 Å². The Balaban J connectivity index is 1.48. The molecule has 1 aliphatic carbocycles. The SMILES string of the molecule is O=C(C[NH+]1CCCCC1)N1N=C2c3ccccc3CC[C@@H]2[C@H]1c1cccs1. The number of piperidine rings is 1. The van der Waals surface area contributed by atoms with Crippen LogP contribution >= 0.6 is 11.3 Å². The summed E-state index contributed by atoms with van der Waals surface area (Å²) in [6.07, 6.45) is 5.92. The third kappa shape index (κ3) is 3.13. The normalized spacial score (nSPS) is 25.0. The standard InChI is InChI=1S/C22H25N3OS/c26-20(15-24-12-4-1-5-13-24)25-22(19-9-6-14-27-19)18-11-10-16-7-2-3-8-17(16)21(18)23-25/h2-3,6-9,14,18,22H,1,4-5,10-13,15H2/p+1/t18-,22-/m0/s1. The van der Waals surface area contributed by atoms with E-state index in [-0.39, 0.29) is 11.9 Å². The third-order valence-electron chi connectivity index (χ3n) is 6.28. The van der Waals surface area contributed by atoms with Crippen molar-refractivity contribution in [1.29, 1.82) is 0 Å². The average Bonchev–Trinajstić information content (AvgIpc) is 3.36. The predicted molar refractivity (Wildman–Crippen MR) is 108 cm³/mol. The topological polar surface area (TPSA) is 37.1 Å². The van der Waals surface area contributed by atoms with Crippen molar-refractivity contribution in [3.8, 4) is 0 Å². The highest BCUT2D eigenvalue weighted by Crippen LogP contribution is 2.44. The molecule has 27 heavy (non-hydrogen) atoms. The van der Waals surface area contributed by atoms with E-state index in [1.54, 1.807) is 11.3 Å². The van der Waals surface area contributed by atoms with Crippen LogP contribution in [-0.2, 0) is 11.2 Å². The number of quaternary nitrogens is 1. The molecular weight excluding hydrogens is 354 g/mol. The largest absolute Gasteiger partial charge is 0.327 e. The second-order valence-corrected chi connectivity index (χ2v) is 8.95. The van der Waals surface area contributed by atoms with Crippen LogP contribution in [0, 0.1) is 5.92 Å². The number of likely N-dealkylation sites (tertiary alicyclic amines) is 1. The van der Waals surface area contributed by atoms with Crippen molar-refractivity contribution in [2.24, 2.45) is 11.0 Å². The molecule has 0 saturated carbocycles. The fourth-order valence-electron chi connectivity index (χ4n) is 4.93. The number of carbonyl (C=O) groups is 1. The zero-order chi connectivity index (χ0) is 18.2. The first-order valence-corrected chi connectivity index (χ1v) is 11.0. The van der Waals surface area contributed by atoms with Crippen LogP contribution in [-0.4, -0.2) is 36.3 Å². The molecule has 1 aromatic carbocycles. The van der Waals surface area contributed by atoms with E-state index in [9.17, 15) is 4.79 Å². The van der Waals surface area contributed by atoms with Gasteiger partial charge in [0.2, 0.25) is 0 Å². The highest BCUT2D eigenvalue weighted by atomic mass is 32.1. The number of hydrogen-bond donors (Lipinski definition) is 1. The van der Waals surface area contributed by atoms with Crippen molar-refractivity contribution in [1.82, 2.24) is 5.01 Å². The molecule has 1 amide bonds. The van der Waals surface area contributed by atoms with E-state index in [4.69, 9.17) is 5.10 Å². The van der Waals surface area contributed by atoms with Crippen LogP contribution in [0.5, 0.6) is 0 Å². The molecule has 2 aromatic rings. The number of hydrogen-bond acceptors (Lipinski definition) is 3. The Morgan fingerprint density at radius 1 is 1.15 bits per heavy atom. The van der Waals surface area contributed by atoms with Crippen LogP contribution in [0.15, 0.2) is 46.9 Å². The van der Waals surface area contributed by atoms with Crippen molar-refractivity contribution in [3.05, 3.63) is 57.8 Å². The number of fused-ring (bicyclic) bond motifs is 3. The van der Waals surface area contributed by atoms with E-state index in [1.807, 2.05) is 5.01 Å². The maximum atomic E-state index is 13.3. The molecule has 2 aliphatic heterocycles.